The maximum Gasteiger partial charge on any atom is 0.0544 e. The molecule has 4 nitrogen and oxygen atoms in total. The molecule has 1 fully saturated rings. The summed E-state index contributed by atoms with van der Waals surface area (Å²) in [6.07, 6.45) is 3.86. The SMILES string of the molecule is CC1CCN(C)CC(CCO)N1Cc1ccccn1. The average molecular weight is 263 g/mol. The Bertz CT molecular complexity index is 371. The summed E-state index contributed by atoms with van der Waals surface area (Å²) in [6.45, 7) is 5.57. The molecule has 0 radical (unpaired) electrons. The van der Waals surface area contributed by atoms with Gasteiger partial charge in [-0.05, 0) is 45.5 Å². The van der Waals surface area contributed by atoms with Gasteiger partial charge in [0.2, 0.25) is 0 Å². The molecule has 0 aromatic carbocycles. The van der Waals surface area contributed by atoms with E-state index < -0.39 is 0 Å². The highest BCUT2D eigenvalue weighted by Gasteiger charge is 2.28. The van der Waals surface area contributed by atoms with Crippen LogP contribution in [-0.2, 0) is 6.54 Å². The van der Waals surface area contributed by atoms with Gasteiger partial charge in [-0.25, -0.2) is 0 Å². The number of nitrogens with zero attached hydrogens (tertiary/aromatic N) is 3. The van der Waals surface area contributed by atoms with Crippen LogP contribution < -0.4 is 0 Å². The summed E-state index contributed by atoms with van der Waals surface area (Å²) in [5.74, 6) is 0. The lowest BCUT2D eigenvalue weighted by molar-refractivity contribution is 0.108. The van der Waals surface area contributed by atoms with E-state index in [4.69, 9.17) is 0 Å². The maximum absolute atomic E-state index is 9.31. The molecule has 1 aliphatic rings. The van der Waals surface area contributed by atoms with E-state index >= 15 is 0 Å². The molecule has 2 unspecified atom stereocenters. The molecule has 1 saturated heterocycles. The van der Waals surface area contributed by atoms with Gasteiger partial charge in [-0.15, -0.1) is 0 Å². The first-order chi connectivity index (χ1) is 9.20. The Kier molecular flexibility index (Phi) is 5.31. The third-order valence-electron chi connectivity index (χ3n) is 4.02. The van der Waals surface area contributed by atoms with Gasteiger partial charge >= 0.3 is 0 Å². The zero-order valence-electron chi connectivity index (χ0n) is 12.0. The minimum atomic E-state index is 0.254. The first kappa shape index (κ1) is 14.4. The Balaban J connectivity index is 2.11. The molecule has 0 spiro atoms. The first-order valence-electron chi connectivity index (χ1n) is 7.15. The molecule has 4 heteroatoms. The molecular formula is C15H25N3O. The fourth-order valence-electron chi connectivity index (χ4n) is 2.86. The van der Waals surface area contributed by atoms with Crippen LogP contribution in [0.25, 0.3) is 0 Å². The van der Waals surface area contributed by atoms with Crippen LogP contribution in [-0.4, -0.2) is 58.7 Å². The van der Waals surface area contributed by atoms with Crippen LogP contribution >= 0.6 is 0 Å². The second kappa shape index (κ2) is 6.98. The minimum absolute atomic E-state index is 0.254. The largest absolute Gasteiger partial charge is 0.396 e. The van der Waals surface area contributed by atoms with Gasteiger partial charge in [0, 0.05) is 38.0 Å². The standard InChI is InChI=1S/C15H25N3O/c1-13-6-9-17(2)12-15(7-10-19)18(13)11-14-5-3-4-8-16-14/h3-5,8,13,15,19H,6-7,9-12H2,1-2H3. The minimum Gasteiger partial charge on any atom is -0.396 e. The summed E-state index contributed by atoms with van der Waals surface area (Å²) in [4.78, 5) is 9.31. The average Bonchev–Trinajstić information content (AvgIpc) is 2.54. The Morgan fingerprint density at radius 3 is 2.95 bits per heavy atom. The molecule has 2 heterocycles. The van der Waals surface area contributed by atoms with Crippen molar-refractivity contribution >= 4 is 0 Å². The van der Waals surface area contributed by atoms with Crippen molar-refractivity contribution in [3.05, 3.63) is 30.1 Å². The lowest BCUT2D eigenvalue weighted by Gasteiger charge is -2.34. The van der Waals surface area contributed by atoms with Crippen molar-refractivity contribution in [3.8, 4) is 0 Å². The fourth-order valence-corrected chi connectivity index (χ4v) is 2.86. The Hall–Kier alpha value is -0.970. The Morgan fingerprint density at radius 1 is 1.42 bits per heavy atom. The van der Waals surface area contributed by atoms with Crippen molar-refractivity contribution in [1.29, 1.82) is 0 Å². The Morgan fingerprint density at radius 2 is 2.26 bits per heavy atom. The highest BCUT2D eigenvalue weighted by molar-refractivity contribution is 5.04. The molecule has 0 saturated carbocycles. The number of aliphatic hydroxyl groups excluding tert-OH is 1. The summed E-state index contributed by atoms with van der Waals surface area (Å²) in [7, 11) is 2.17. The van der Waals surface area contributed by atoms with E-state index in [2.05, 4.69) is 34.8 Å². The topological polar surface area (TPSA) is 39.6 Å². The van der Waals surface area contributed by atoms with Crippen LogP contribution in [0.3, 0.4) is 0 Å². The smallest absolute Gasteiger partial charge is 0.0544 e. The number of likely N-dealkylation sites (N-methyl/N-ethyl adjacent to an activating group) is 1. The van der Waals surface area contributed by atoms with Crippen molar-refractivity contribution in [2.24, 2.45) is 0 Å². The molecule has 1 N–H and O–H groups in total. The summed E-state index contributed by atoms with van der Waals surface area (Å²) in [5.41, 5.74) is 1.11. The predicted octanol–water partition coefficient (Wildman–Crippen LogP) is 1.36. The lowest BCUT2D eigenvalue weighted by atomic mass is 10.1. The molecule has 106 valence electrons. The molecule has 0 aliphatic carbocycles. The number of rotatable bonds is 4. The second-order valence-corrected chi connectivity index (χ2v) is 5.56. The van der Waals surface area contributed by atoms with Crippen molar-refractivity contribution in [2.75, 3.05) is 26.7 Å². The van der Waals surface area contributed by atoms with Gasteiger partial charge in [0.15, 0.2) is 0 Å². The van der Waals surface area contributed by atoms with E-state index in [1.54, 1.807) is 0 Å². The molecule has 2 atom stereocenters. The number of aliphatic hydroxyl groups is 1. The van der Waals surface area contributed by atoms with Crippen molar-refractivity contribution in [2.45, 2.75) is 38.4 Å². The molecular weight excluding hydrogens is 238 g/mol. The van der Waals surface area contributed by atoms with E-state index in [0.717, 1.165) is 31.7 Å². The highest BCUT2D eigenvalue weighted by Crippen LogP contribution is 2.20. The summed E-state index contributed by atoms with van der Waals surface area (Å²) >= 11 is 0. The second-order valence-electron chi connectivity index (χ2n) is 5.56. The van der Waals surface area contributed by atoms with Crippen LogP contribution in [0, 0.1) is 0 Å². The molecule has 0 amide bonds. The third kappa shape index (κ3) is 4.00. The zero-order chi connectivity index (χ0) is 13.7. The number of aromatic nitrogens is 1. The van der Waals surface area contributed by atoms with Gasteiger partial charge in [0.25, 0.3) is 0 Å². The van der Waals surface area contributed by atoms with Gasteiger partial charge in [-0.1, -0.05) is 6.07 Å². The Labute approximate surface area is 116 Å². The number of pyridine rings is 1. The van der Waals surface area contributed by atoms with Crippen LogP contribution in [0.5, 0.6) is 0 Å². The van der Waals surface area contributed by atoms with Crippen LogP contribution in [0.2, 0.25) is 0 Å². The zero-order valence-corrected chi connectivity index (χ0v) is 12.0. The van der Waals surface area contributed by atoms with Crippen molar-refractivity contribution < 1.29 is 5.11 Å². The van der Waals surface area contributed by atoms with Crippen LogP contribution in [0.1, 0.15) is 25.5 Å². The van der Waals surface area contributed by atoms with Crippen LogP contribution in [0.4, 0.5) is 0 Å². The van der Waals surface area contributed by atoms with Crippen molar-refractivity contribution in [3.63, 3.8) is 0 Å². The molecule has 19 heavy (non-hydrogen) atoms. The molecule has 1 aromatic heterocycles. The summed E-state index contributed by atoms with van der Waals surface area (Å²) in [6, 6.07) is 7.02. The van der Waals surface area contributed by atoms with Gasteiger partial charge < -0.3 is 10.0 Å². The number of hydrogen-bond acceptors (Lipinski definition) is 4. The number of hydrogen-bond donors (Lipinski definition) is 1. The molecule has 0 bridgehead atoms. The fraction of sp³-hybridized carbons (Fsp3) is 0.667. The van der Waals surface area contributed by atoms with Gasteiger partial charge in [0.1, 0.15) is 0 Å². The van der Waals surface area contributed by atoms with Crippen molar-refractivity contribution in [1.82, 2.24) is 14.8 Å². The normalized spacial score (nSPS) is 26.3. The monoisotopic (exact) mass is 263 g/mol. The van der Waals surface area contributed by atoms with Gasteiger partial charge in [-0.3, -0.25) is 9.88 Å². The molecule has 1 aromatic rings. The predicted molar refractivity (Wildman–Crippen MR) is 76.8 cm³/mol. The lowest BCUT2D eigenvalue weighted by Crippen LogP contribution is -2.44. The van der Waals surface area contributed by atoms with E-state index in [0.29, 0.717) is 12.1 Å². The summed E-state index contributed by atoms with van der Waals surface area (Å²) < 4.78 is 0. The van der Waals surface area contributed by atoms with Crippen LogP contribution in [0.15, 0.2) is 24.4 Å². The molecule has 2 rings (SSSR count). The highest BCUT2D eigenvalue weighted by atomic mass is 16.3. The van der Waals surface area contributed by atoms with Gasteiger partial charge in [-0.2, -0.15) is 0 Å². The van der Waals surface area contributed by atoms with Gasteiger partial charge in [0.05, 0.1) is 5.69 Å². The first-order valence-corrected chi connectivity index (χ1v) is 7.15. The van der Waals surface area contributed by atoms with E-state index in [1.807, 2.05) is 18.3 Å². The quantitative estimate of drug-likeness (QED) is 0.890. The van der Waals surface area contributed by atoms with E-state index in [9.17, 15) is 5.11 Å². The molecule has 1 aliphatic heterocycles. The van der Waals surface area contributed by atoms with E-state index in [1.165, 1.54) is 6.42 Å². The van der Waals surface area contributed by atoms with E-state index in [-0.39, 0.29) is 6.61 Å². The third-order valence-corrected chi connectivity index (χ3v) is 4.02. The maximum atomic E-state index is 9.31. The summed E-state index contributed by atoms with van der Waals surface area (Å²) in [5, 5.41) is 9.31.